The molecule has 7 heteroatoms. The topological polar surface area (TPSA) is 69.3 Å². The van der Waals surface area contributed by atoms with Crippen LogP contribution < -0.4 is 4.90 Å². The Morgan fingerprint density at radius 1 is 1.23 bits per heavy atom. The second kappa shape index (κ2) is 7.40. The molecule has 3 aromatic rings. The van der Waals surface area contributed by atoms with Crippen LogP contribution in [-0.4, -0.2) is 46.3 Å². The van der Waals surface area contributed by atoms with E-state index >= 15 is 0 Å². The predicted molar refractivity (Wildman–Crippen MR) is 113 cm³/mol. The van der Waals surface area contributed by atoms with Gasteiger partial charge in [-0.1, -0.05) is 6.08 Å². The largest absolute Gasteiger partial charge is 0.346 e. The van der Waals surface area contributed by atoms with E-state index < -0.39 is 0 Å². The van der Waals surface area contributed by atoms with Gasteiger partial charge in [0.2, 0.25) is 6.41 Å². The summed E-state index contributed by atoms with van der Waals surface area (Å²) in [6, 6.07) is 9.84. The Labute approximate surface area is 173 Å². The molecule has 1 aliphatic heterocycles. The van der Waals surface area contributed by atoms with E-state index in [-0.39, 0.29) is 17.8 Å². The lowest BCUT2D eigenvalue weighted by atomic mass is 9.97. The number of nitrogens with one attached hydrogen (secondary N) is 1. The molecule has 5 rings (SSSR count). The summed E-state index contributed by atoms with van der Waals surface area (Å²) in [5, 5.41) is 1.00. The van der Waals surface area contributed by atoms with Gasteiger partial charge in [-0.3, -0.25) is 14.5 Å². The van der Waals surface area contributed by atoms with Crippen LogP contribution in [0, 0.1) is 5.82 Å². The van der Waals surface area contributed by atoms with Gasteiger partial charge in [0.1, 0.15) is 17.3 Å². The summed E-state index contributed by atoms with van der Waals surface area (Å²) in [7, 11) is 0. The quantitative estimate of drug-likeness (QED) is 0.659. The summed E-state index contributed by atoms with van der Waals surface area (Å²) in [6.07, 6.45) is 7.46. The van der Waals surface area contributed by atoms with Gasteiger partial charge in [0.25, 0.3) is 5.91 Å². The van der Waals surface area contributed by atoms with Crippen molar-refractivity contribution in [2.24, 2.45) is 0 Å². The zero-order valence-electron chi connectivity index (χ0n) is 16.3. The second-order valence-electron chi connectivity index (χ2n) is 7.75. The molecular weight excluding hydrogens is 383 g/mol. The molecule has 0 saturated heterocycles. The Morgan fingerprint density at radius 3 is 2.70 bits per heavy atom. The van der Waals surface area contributed by atoms with E-state index in [4.69, 9.17) is 0 Å². The van der Waals surface area contributed by atoms with Crippen molar-refractivity contribution in [1.29, 1.82) is 0 Å². The van der Waals surface area contributed by atoms with Gasteiger partial charge in [-0.2, -0.15) is 0 Å². The van der Waals surface area contributed by atoms with E-state index in [0.717, 1.165) is 41.4 Å². The maximum Gasteiger partial charge on any atom is 0.254 e. The first-order chi connectivity index (χ1) is 14.6. The van der Waals surface area contributed by atoms with Gasteiger partial charge in [-0.05, 0) is 66.8 Å². The molecule has 0 radical (unpaired) electrons. The van der Waals surface area contributed by atoms with Gasteiger partial charge in [-0.25, -0.2) is 9.37 Å². The number of fused-ring (bicyclic) bond motifs is 1. The molecule has 6 nitrogen and oxygen atoms in total. The van der Waals surface area contributed by atoms with Gasteiger partial charge >= 0.3 is 0 Å². The number of nitrogens with zero attached hydrogens (tertiary/aromatic N) is 3. The SMILES string of the molecule is O=CN(c1cc(C2=CCN(C(=O)c3ccc(F)cc3)CC2)c2cc[nH]c2n1)C1CC1. The second-order valence-corrected chi connectivity index (χ2v) is 7.75. The molecule has 1 aromatic carbocycles. The third-order valence-electron chi connectivity index (χ3n) is 5.77. The Balaban J connectivity index is 1.43. The molecular formula is C23H21FN4O2. The first-order valence-corrected chi connectivity index (χ1v) is 10.1. The lowest BCUT2D eigenvalue weighted by Crippen LogP contribution is -2.34. The maximum atomic E-state index is 13.1. The van der Waals surface area contributed by atoms with Gasteiger partial charge in [0, 0.05) is 36.3 Å². The van der Waals surface area contributed by atoms with Crippen molar-refractivity contribution in [2.45, 2.75) is 25.3 Å². The minimum Gasteiger partial charge on any atom is -0.346 e. The number of anilines is 1. The highest BCUT2D eigenvalue weighted by Crippen LogP contribution is 2.35. The molecule has 2 aromatic heterocycles. The van der Waals surface area contributed by atoms with Crippen molar-refractivity contribution in [3.63, 3.8) is 0 Å². The number of carbonyl (C=O) groups excluding carboxylic acids is 2. The Morgan fingerprint density at radius 2 is 2.03 bits per heavy atom. The van der Waals surface area contributed by atoms with E-state index in [0.29, 0.717) is 30.9 Å². The Bertz CT molecular complexity index is 1150. The monoisotopic (exact) mass is 404 g/mol. The number of hydrogen-bond acceptors (Lipinski definition) is 3. The summed E-state index contributed by atoms with van der Waals surface area (Å²) < 4.78 is 13.1. The Hall–Kier alpha value is -3.48. The van der Waals surface area contributed by atoms with Crippen LogP contribution in [0.2, 0.25) is 0 Å². The number of H-pyrrole nitrogens is 1. The lowest BCUT2D eigenvalue weighted by Gasteiger charge is -2.27. The molecule has 1 saturated carbocycles. The van der Waals surface area contributed by atoms with E-state index in [1.54, 1.807) is 9.80 Å². The molecule has 2 aliphatic rings. The van der Waals surface area contributed by atoms with Crippen LogP contribution in [0.4, 0.5) is 10.2 Å². The average molecular weight is 404 g/mol. The molecule has 3 heterocycles. The van der Waals surface area contributed by atoms with E-state index in [9.17, 15) is 14.0 Å². The third kappa shape index (κ3) is 3.36. The summed E-state index contributed by atoms with van der Waals surface area (Å²) in [5.41, 5.74) is 3.41. The molecule has 0 unspecified atom stereocenters. The van der Waals surface area contributed by atoms with Crippen molar-refractivity contribution in [3.8, 4) is 0 Å². The predicted octanol–water partition coefficient (Wildman–Crippen LogP) is 3.76. The van der Waals surface area contributed by atoms with Crippen LogP contribution in [-0.2, 0) is 4.79 Å². The fourth-order valence-electron chi connectivity index (χ4n) is 3.98. The van der Waals surface area contributed by atoms with Crippen LogP contribution >= 0.6 is 0 Å². The van der Waals surface area contributed by atoms with Gasteiger partial charge in [0.05, 0.1) is 0 Å². The van der Waals surface area contributed by atoms with Gasteiger partial charge in [-0.15, -0.1) is 0 Å². The number of hydrogen-bond donors (Lipinski definition) is 1. The number of amides is 2. The molecule has 0 bridgehead atoms. The normalized spacial score (nSPS) is 16.4. The molecule has 2 amide bonds. The smallest absolute Gasteiger partial charge is 0.254 e. The fourth-order valence-corrected chi connectivity index (χ4v) is 3.98. The number of aromatic nitrogens is 2. The number of rotatable bonds is 5. The number of halogens is 1. The van der Waals surface area contributed by atoms with Crippen LogP contribution in [0.1, 0.15) is 35.2 Å². The number of benzene rings is 1. The highest BCUT2D eigenvalue weighted by Gasteiger charge is 2.31. The minimum absolute atomic E-state index is 0.103. The third-order valence-corrected chi connectivity index (χ3v) is 5.77. The molecule has 1 N–H and O–H groups in total. The summed E-state index contributed by atoms with van der Waals surface area (Å²) in [5.74, 6) is 0.198. The van der Waals surface area contributed by atoms with Crippen LogP contribution in [0.5, 0.6) is 0 Å². The number of carbonyl (C=O) groups is 2. The minimum atomic E-state index is -0.355. The van der Waals surface area contributed by atoms with E-state index in [1.807, 2.05) is 18.3 Å². The summed E-state index contributed by atoms with van der Waals surface area (Å²) in [6.45, 7) is 1.06. The van der Waals surface area contributed by atoms with Gasteiger partial charge < -0.3 is 9.88 Å². The molecule has 0 spiro atoms. The van der Waals surface area contributed by atoms with Crippen LogP contribution in [0.3, 0.4) is 0 Å². The molecule has 30 heavy (non-hydrogen) atoms. The highest BCUT2D eigenvalue weighted by atomic mass is 19.1. The Kier molecular flexibility index (Phi) is 4.58. The van der Waals surface area contributed by atoms with Gasteiger partial charge in [0.15, 0.2) is 0 Å². The summed E-state index contributed by atoms with van der Waals surface area (Å²) in [4.78, 5) is 35.6. The summed E-state index contributed by atoms with van der Waals surface area (Å²) >= 11 is 0. The van der Waals surface area contributed by atoms with Crippen LogP contribution in [0.15, 0.2) is 48.7 Å². The molecule has 1 fully saturated rings. The fraction of sp³-hybridized carbons (Fsp3) is 0.261. The zero-order chi connectivity index (χ0) is 20.7. The van der Waals surface area contributed by atoms with Crippen molar-refractivity contribution in [1.82, 2.24) is 14.9 Å². The average Bonchev–Trinajstić information content (AvgIpc) is 3.49. The van der Waals surface area contributed by atoms with E-state index in [1.165, 1.54) is 24.3 Å². The number of pyridine rings is 1. The standard InChI is InChI=1S/C23H21FN4O2/c24-17-3-1-16(2-4-17)23(30)27-11-8-15(9-12-27)20-13-21(28(14-29)18-5-6-18)26-22-19(20)7-10-25-22/h1-4,7-8,10,13-14,18H,5-6,9,11-12H2,(H,25,26). The molecule has 1 aliphatic carbocycles. The van der Waals surface area contributed by atoms with Crippen LogP contribution in [0.25, 0.3) is 16.6 Å². The highest BCUT2D eigenvalue weighted by molar-refractivity contribution is 5.96. The van der Waals surface area contributed by atoms with E-state index in [2.05, 4.69) is 16.0 Å². The van der Waals surface area contributed by atoms with Crippen molar-refractivity contribution in [2.75, 3.05) is 18.0 Å². The van der Waals surface area contributed by atoms with Crippen molar-refractivity contribution < 1.29 is 14.0 Å². The zero-order valence-corrected chi connectivity index (χ0v) is 16.3. The van der Waals surface area contributed by atoms with Crippen molar-refractivity contribution in [3.05, 3.63) is 65.6 Å². The number of aromatic amines is 1. The van der Waals surface area contributed by atoms with Crippen molar-refractivity contribution >= 4 is 34.7 Å². The lowest BCUT2D eigenvalue weighted by molar-refractivity contribution is -0.107. The molecule has 152 valence electrons. The first kappa shape index (κ1) is 18.5. The first-order valence-electron chi connectivity index (χ1n) is 10.1. The molecule has 0 atom stereocenters. The maximum absolute atomic E-state index is 13.1.